The van der Waals surface area contributed by atoms with Crippen LogP contribution in [0, 0.1) is 0 Å². The topological polar surface area (TPSA) is 34.9 Å². The van der Waals surface area contributed by atoms with E-state index in [2.05, 4.69) is 5.10 Å². The van der Waals surface area contributed by atoms with Crippen LogP contribution < -0.4 is 0 Å². The van der Waals surface area contributed by atoms with E-state index in [1.165, 1.54) is 6.92 Å². The molecule has 0 aliphatic heterocycles. The number of ketones is 1. The normalized spacial score (nSPS) is 10.4. The van der Waals surface area contributed by atoms with Gasteiger partial charge in [-0.15, -0.1) is 0 Å². The molecular formula is C12H11ClN2O. The molecule has 0 bridgehead atoms. The van der Waals surface area contributed by atoms with Crippen LogP contribution in [0.3, 0.4) is 0 Å². The van der Waals surface area contributed by atoms with Crippen LogP contribution in [0.15, 0.2) is 36.7 Å². The van der Waals surface area contributed by atoms with Gasteiger partial charge in [0.25, 0.3) is 0 Å². The van der Waals surface area contributed by atoms with Gasteiger partial charge in [-0.3, -0.25) is 9.48 Å². The summed E-state index contributed by atoms with van der Waals surface area (Å²) in [6.45, 7) is 2.15. The van der Waals surface area contributed by atoms with Crippen molar-refractivity contribution in [2.75, 3.05) is 0 Å². The van der Waals surface area contributed by atoms with Crippen LogP contribution in [0.5, 0.6) is 0 Å². The quantitative estimate of drug-likeness (QED) is 0.766. The summed E-state index contributed by atoms with van der Waals surface area (Å²) in [5.74, 6) is 0.0253. The van der Waals surface area contributed by atoms with Gasteiger partial charge in [0.15, 0.2) is 5.78 Å². The number of nitrogens with zero attached hydrogens (tertiary/aromatic N) is 2. The maximum Gasteiger partial charge on any atom is 0.162 e. The fourth-order valence-corrected chi connectivity index (χ4v) is 1.67. The van der Waals surface area contributed by atoms with Crippen LogP contribution in [0.25, 0.3) is 0 Å². The van der Waals surface area contributed by atoms with E-state index in [4.69, 9.17) is 11.6 Å². The third-order valence-electron chi connectivity index (χ3n) is 2.27. The van der Waals surface area contributed by atoms with Crippen LogP contribution in [0.1, 0.15) is 22.8 Å². The van der Waals surface area contributed by atoms with Gasteiger partial charge < -0.3 is 0 Å². The van der Waals surface area contributed by atoms with E-state index in [-0.39, 0.29) is 5.78 Å². The minimum absolute atomic E-state index is 0.0253. The number of aromatic nitrogens is 2. The minimum Gasteiger partial charge on any atom is -0.294 e. The van der Waals surface area contributed by atoms with Gasteiger partial charge >= 0.3 is 0 Å². The van der Waals surface area contributed by atoms with E-state index in [9.17, 15) is 4.79 Å². The number of carbonyl (C=O) groups is 1. The summed E-state index contributed by atoms with van der Waals surface area (Å²) < 4.78 is 1.72. The van der Waals surface area contributed by atoms with Crippen molar-refractivity contribution >= 4 is 17.4 Å². The molecule has 0 amide bonds. The maximum atomic E-state index is 11.1. The van der Waals surface area contributed by atoms with Crippen LogP contribution >= 0.6 is 11.6 Å². The van der Waals surface area contributed by atoms with Crippen LogP contribution in [-0.4, -0.2) is 15.6 Å². The molecule has 0 aliphatic carbocycles. The summed E-state index contributed by atoms with van der Waals surface area (Å²) >= 11 is 5.88. The fourth-order valence-electron chi connectivity index (χ4n) is 1.45. The molecule has 0 atom stereocenters. The van der Waals surface area contributed by atoms with E-state index in [0.717, 1.165) is 5.56 Å². The number of Topliss-reactive ketones (excluding diaryl/α,β-unsaturated/α-hetero) is 1. The molecule has 0 aliphatic rings. The lowest BCUT2D eigenvalue weighted by atomic mass is 10.2. The highest BCUT2D eigenvalue weighted by atomic mass is 35.5. The fraction of sp³-hybridized carbons (Fsp3) is 0.167. The molecule has 2 aromatic rings. The molecule has 3 nitrogen and oxygen atoms in total. The molecule has 16 heavy (non-hydrogen) atoms. The molecule has 0 saturated heterocycles. The Bertz CT molecular complexity index is 519. The SMILES string of the molecule is CC(=O)c1cnn(Cc2cccc(Cl)c2)c1. The smallest absolute Gasteiger partial charge is 0.162 e. The highest BCUT2D eigenvalue weighted by molar-refractivity contribution is 6.30. The first-order valence-corrected chi connectivity index (χ1v) is 5.31. The molecule has 2 rings (SSSR count). The van der Waals surface area contributed by atoms with E-state index in [0.29, 0.717) is 17.1 Å². The van der Waals surface area contributed by atoms with E-state index >= 15 is 0 Å². The highest BCUT2D eigenvalue weighted by Crippen LogP contribution is 2.12. The average Bonchev–Trinajstić information content (AvgIpc) is 2.66. The van der Waals surface area contributed by atoms with Crippen molar-refractivity contribution in [2.45, 2.75) is 13.5 Å². The van der Waals surface area contributed by atoms with Gasteiger partial charge in [-0.05, 0) is 24.6 Å². The van der Waals surface area contributed by atoms with Gasteiger partial charge in [0.1, 0.15) is 0 Å². The van der Waals surface area contributed by atoms with Crippen molar-refractivity contribution in [3.63, 3.8) is 0 Å². The first kappa shape index (κ1) is 10.9. The van der Waals surface area contributed by atoms with Crippen molar-refractivity contribution in [3.8, 4) is 0 Å². The second kappa shape index (κ2) is 4.49. The summed E-state index contributed by atoms with van der Waals surface area (Å²) in [5.41, 5.74) is 1.69. The van der Waals surface area contributed by atoms with E-state index in [1.807, 2.05) is 24.3 Å². The van der Waals surface area contributed by atoms with Crippen molar-refractivity contribution in [1.29, 1.82) is 0 Å². The molecular weight excluding hydrogens is 224 g/mol. The first-order valence-electron chi connectivity index (χ1n) is 4.93. The second-order valence-corrected chi connectivity index (χ2v) is 4.05. The van der Waals surface area contributed by atoms with Crippen molar-refractivity contribution in [2.24, 2.45) is 0 Å². The zero-order chi connectivity index (χ0) is 11.5. The largest absolute Gasteiger partial charge is 0.294 e. The molecule has 1 aromatic carbocycles. The van der Waals surface area contributed by atoms with Crippen molar-refractivity contribution in [1.82, 2.24) is 9.78 Å². The van der Waals surface area contributed by atoms with Gasteiger partial charge in [0, 0.05) is 11.2 Å². The molecule has 4 heteroatoms. The predicted octanol–water partition coefficient (Wildman–Crippen LogP) is 2.79. The lowest BCUT2D eigenvalue weighted by Gasteiger charge is -2.01. The highest BCUT2D eigenvalue weighted by Gasteiger charge is 2.03. The Balaban J connectivity index is 2.17. The zero-order valence-corrected chi connectivity index (χ0v) is 9.61. The molecule has 1 heterocycles. The maximum absolute atomic E-state index is 11.1. The second-order valence-electron chi connectivity index (χ2n) is 3.61. The number of hydrogen-bond acceptors (Lipinski definition) is 2. The number of hydrogen-bond donors (Lipinski definition) is 0. The van der Waals surface area contributed by atoms with Crippen molar-refractivity contribution < 1.29 is 4.79 Å². The molecule has 82 valence electrons. The number of halogens is 1. The third kappa shape index (κ3) is 2.49. The molecule has 0 fully saturated rings. The number of rotatable bonds is 3. The Morgan fingerprint density at radius 2 is 2.31 bits per heavy atom. The Morgan fingerprint density at radius 1 is 1.50 bits per heavy atom. The Labute approximate surface area is 98.7 Å². The first-order chi connectivity index (χ1) is 7.65. The Morgan fingerprint density at radius 3 is 2.94 bits per heavy atom. The monoisotopic (exact) mass is 234 g/mol. The number of carbonyl (C=O) groups excluding carboxylic acids is 1. The summed E-state index contributed by atoms with van der Waals surface area (Å²) in [5, 5.41) is 4.82. The predicted molar refractivity (Wildman–Crippen MR) is 62.8 cm³/mol. The molecule has 0 spiro atoms. The average molecular weight is 235 g/mol. The standard InChI is InChI=1S/C12H11ClN2O/c1-9(16)11-6-14-15(8-11)7-10-3-2-4-12(13)5-10/h2-6,8H,7H2,1H3. The Hall–Kier alpha value is -1.61. The lowest BCUT2D eigenvalue weighted by molar-refractivity contribution is 0.101. The molecule has 0 unspecified atom stereocenters. The number of benzene rings is 1. The molecule has 0 N–H and O–H groups in total. The van der Waals surface area contributed by atoms with Gasteiger partial charge in [0.2, 0.25) is 0 Å². The van der Waals surface area contributed by atoms with Crippen molar-refractivity contribution in [3.05, 3.63) is 52.8 Å². The van der Waals surface area contributed by atoms with Crippen LogP contribution in [0.4, 0.5) is 0 Å². The zero-order valence-electron chi connectivity index (χ0n) is 8.85. The van der Waals surface area contributed by atoms with Gasteiger partial charge in [-0.25, -0.2) is 0 Å². The Kier molecular flexibility index (Phi) is 3.06. The summed E-state index contributed by atoms with van der Waals surface area (Å²) in [6.07, 6.45) is 3.32. The summed E-state index contributed by atoms with van der Waals surface area (Å²) in [7, 11) is 0. The summed E-state index contributed by atoms with van der Waals surface area (Å²) in [6, 6.07) is 7.58. The minimum atomic E-state index is 0.0253. The van der Waals surface area contributed by atoms with E-state index in [1.54, 1.807) is 17.1 Å². The van der Waals surface area contributed by atoms with Crippen LogP contribution in [-0.2, 0) is 6.54 Å². The third-order valence-corrected chi connectivity index (χ3v) is 2.51. The molecule has 0 radical (unpaired) electrons. The lowest BCUT2D eigenvalue weighted by Crippen LogP contribution is -1.99. The van der Waals surface area contributed by atoms with Gasteiger partial charge in [-0.2, -0.15) is 5.10 Å². The van der Waals surface area contributed by atoms with Gasteiger partial charge in [-0.1, -0.05) is 23.7 Å². The van der Waals surface area contributed by atoms with E-state index < -0.39 is 0 Å². The molecule has 1 aromatic heterocycles. The molecule has 0 saturated carbocycles. The summed E-state index contributed by atoms with van der Waals surface area (Å²) in [4.78, 5) is 11.1. The van der Waals surface area contributed by atoms with Crippen LogP contribution in [0.2, 0.25) is 5.02 Å². The van der Waals surface area contributed by atoms with Gasteiger partial charge in [0.05, 0.1) is 18.3 Å².